The van der Waals surface area contributed by atoms with Crippen LogP contribution in [-0.2, 0) is 4.79 Å². The van der Waals surface area contributed by atoms with Crippen LogP contribution in [-0.4, -0.2) is 23.2 Å². The van der Waals surface area contributed by atoms with E-state index in [0.29, 0.717) is 12.3 Å². The smallest absolute Gasteiger partial charge is 0.323 e. The van der Waals surface area contributed by atoms with Crippen LogP contribution in [0.15, 0.2) is 0 Å². The summed E-state index contributed by atoms with van der Waals surface area (Å²) < 4.78 is 0. The van der Waals surface area contributed by atoms with Crippen molar-refractivity contribution >= 4 is 5.97 Å². The maximum Gasteiger partial charge on any atom is 0.323 e. The van der Waals surface area contributed by atoms with Gasteiger partial charge in [0.05, 0.1) is 0 Å². The minimum absolute atomic E-state index is 0.695. The van der Waals surface area contributed by atoms with Gasteiger partial charge in [0, 0.05) is 0 Å². The number of carbonyl (C=O) groups is 1. The summed E-state index contributed by atoms with van der Waals surface area (Å²) in [5.74, 6) is -0.0251. The highest BCUT2D eigenvalue weighted by molar-refractivity contribution is 5.78. The van der Waals surface area contributed by atoms with Crippen LogP contribution in [0.3, 0.4) is 0 Å². The molecule has 1 unspecified atom stereocenters. The van der Waals surface area contributed by atoms with Crippen LogP contribution in [0.2, 0.25) is 0 Å². The lowest BCUT2D eigenvalue weighted by molar-refractivity contribution is -0.144. The molecule has 1 fully saturated rings. The Morgan fingerprint density at radius 2 is 2.07 bits per heavy atom. The van der Waals surface area contributed by atoms with E-state index in [9.17, 15) is 9.90 Å². The van der Waals surface area contributed by atoms with E-state index in [-0.39, 0.29) is 0 Å². The Bertz CT molecular complexity index is 212. The number of hydrogen-bond donors (Lipinski definition) is 2. The van der Waals surface area contributed by atoms with Gasteiger partial charge in [0.1, 0.15) is 5.54 Å². The summed E-state index contributed by atoms with van der Waals surface area (Å²) in [7, 11) is 0. The van der Waals surface area contributed by atoms with Crippen LogP contribution < -0.4 is 5.32 Å². The zero-order chi connectivity index (χ0) is 11.3. The van der Waals surface area contributed by atoms with Crippen molar-refractivity contribution in [1.29, 1.82) is 0 Å². The van der Waals surface area contributed by atoms with E-state index in [1.54, 1.807) is 6.92 Å². The monoisotopic (exact) mass is 213 g/mol. The Morgan fingerprint density at radius 3 is 2.53 bits per heavy atom. The second kappa shape index (κ2) is 5.50. The average molecular weight is 213 g/mol. The molecule has 0 aromatic rings. The van der Waals surface area contributed by atoms with Gasteiger partial charge in [0.25, 0.3) is 0 Å². The first kappa shape index (κ1) is 12.5. The number of rotatable bonds is 6. The van der Waals surface area contributed by atoms with Crippen molar-refractivity contribution < 1.29 is 9.90 Å². The summed E-state index contributed by atoms with van der Waals surface area (Å²) in [6.45, 7) is 4.69. The lowest BCUT2D eigenvalue weighted by Gasteiger charge is -2.27. The van der Waals surface area contributed by atoms with Gasteiger partial charge in [0.2, 0.25) is 0 Å². The van der Waals surface area contributed by atoms with E-state index in [1.165, 1.54) is 25.7 Å². The van der Waals surface area contributed by atoms with Gasteiger partial charge >= 0.3 is 5.97 Å². The fourth-order valence-electron chi connectivity index (χ4n) is 2.36. The third-order valence-electron chi connectivity index (χ3n) is 3.48. The zero-order valence-electron chi connectivity index (χ0n) is 9.88. The van der Waals surface area contributed by atoms with E-state index in [1.807, 2.05) is 6.92 Å². The molecule has 3 heteroatoms. The fraction of sp³-hybridized carbons (Fsp3) is 0.917. The van der Waals surface area contributed by atoms with Crippen LogP contribution in [0, 0.1) is 5.92 Å². The number of carboxylic acids is 1. The molecule has 1 aliphatic rings. The quantitative estimate of drug-likeness (QED) is 0.712. The van der Waals surface area contributed by atoms with Crippen LogP contribution in [0.5, 0.6) is 0 Å². The molecule has 88 valence electrons. The van der Waals surface area contributed by atoms with Gasteiger partial charge in [-0.1, -0.05) is 26.2 Å². The van der Waals surface area contributed by atoms with Gasteiger partial charge in [0.15, 0.2) is 0 Å². The van der Waals surface area contributed by atoms with Gasteiger partial charge < -0.3 is 10.4 Å². The third-order valence-corrected chi connectivity index (χ3v) is 3.48. The largest absolute Gasteiger partial charge is 0.480 e. The van der Waals surface area contributed by atoms with Crippen LogP contribution in [0.1, 0.15) is 52.4 Å². The van der Waals surface area contributed by atoms with Gasteiger partial charge in [-0.2, -0.15) is 0 Å². The SMILES string of the molecule is CCCC(C)(NCC1CCCC1)C(=O)O. The summed E-state index contributed by atoms with van der Waals surface area (Å²) in [4.78, 5) is 11.2. The molecule has 0 aliphatic heterocycles. The second-order valence-corrected chi connectivity index (χ2v) is 4.92. The molecular formula is C12H23NO2. The van der Waals surface area contributed by atoms with Crippen LogP contribution in [0.25, 0.3) is 0 Å². The van der Waals surface area contributed by atoms with Gasteiger partial charge in [-0.05, 0) is 38.6 Å². The Morgan fingerprint density at radius 1 is 1.47 bits per heavy atom. The minimum Gasteiger partial charge on any atom is -0.480 e. The van der Waals surface area contributed by atoms with E-state index >= 15 is 0 Å². The molecule has 0 heterocycles. The topological polar surface area (TPSA) is 49.3 Å². The van der Waals surface area contributed by atoms with E-state index < -0.39 is 11.5 Å². The second-order valence-electron chi connectivity index (χ2n) is 4.92. The Kier molecular flexibility index (Phi) is 4.58. The number of carboxylic acid groups (broad SMARTS) is 1. The minimum atomic E-state index is -0.725. The molecule has 1 atom stereocenters. The van der Waals surface area contributed by atoms with Crippen molar-refractivity contribution in [3.63, 3.8) is 0 Å². The van der Waals surface area contributed by atoms with E-state index in [4.69, 9.17) is 0 Å². The van der Waals surface area contributed by atoms with Gasteiger partial charge in [-0.15, -0.1) is 0 Å². The summed E-state index contributed by atoms with van der Waals surface area (Å²) in [6.07, 6.45) is 6.74. The molecule has 0 aromatic carbocycles. The average Bonchev–Trinajstić information content (AvgIpc) is 2.67. The van der Waals surface area contributed by atoms with Crippen molar-refractivity contribution in [3.05, 3.63) is 0 Å². The summed E-state index contributed by atoms with van der Waals surface area (Å²) >= 11 is 0. The molecule has 2 N–H and O–H groups in total. The molecule has 0 aromatic heterocycles. The highest BCUT2D eigenvalue weighted by Gasteiger charge is 2.32. The predicted octanol–water partition coefficient (Wildman–Crippen LogP) is 2.41. The molecule has 0 spiro atoms. The Labute approximate surface area is 92.3 Å². The van der Waals surface area contributed by atoms with Gasteiger partial charge in [-0.25, -0.2) is 0 Å². The number of nitrogens with one attached hydrogen (secondary N) is 1. The summed E-state index contributed by atoms with van der Waals surface area (Å²) in [5, 5.41) is 12.4. The number of aliphatic carboxylic acids is 1. The molecule has 15 heavy (non-hydrogen) atoms. The number of hydrogen-bond acceptors (Lipinski definition) is 2. The molecule has 0 bridgehead atoms. The highest BCUT2D eigenvalue weighted by Crippen LogP contribution is 2.25. The van der Waals surface area contributed by atoms with Crippen molar-refractivity contribution in [2.75, 3.05) is 6.54 Å². The molecule has 3 nitrogen and oxygen atoms in total. The molecule has 0 radical (unpaired) electrons. The molecular weight excluding hydrogens is 190 g/mol. The normalized spacial score (nSPS) is 21.5. The first-order chi connectivity index (χ1) is 7.08. The van der Waals surface area contributed by atoms with Gasteiger partial charge in [-0.3, -0.25) is 4.79 Å². The zero-order valence-corrected chi connectivity index (χ0v) is 9.88. The fourth-order valence-corrected chi connectivity index (χ4v) is 2.36. The summed E-state index contributed by atoms with van der Waals surface area (Å²) in [5.41, 5.74) is -0.725. The summed E-state index contributed by atoms with van der Waals surface area (Å²) in [6, 6.07) is 0. The third kappa shape index (κ3) is 3.49. The predicted molar refractivity (Wildman–Crippen MR) is 60.9 cm³/mol. The van der Waals surface area contributed by atoms with E-state index in [0.717, 1.165) is 13.0 Å². The maximum atomic E-state index is 11.2. The molecule has 0 amide bonds. The Balaban J connectivity index is 2.40. The van der Waals surface area contributed by atoms with Crippen LogP contribution >= 0.6 is 0 Å². The maximum absolute atomic E-state index is 11.2. The first-order valence-electron chi connectivity index (χ1n) is 6.07. The van der Waals surface area contributed by atoms with E-state index in [2.05, 4.69) is 5.32 Å². The highest BCUT2D eigenvalue weighted by atomic mass is 16.4. The lowest BCUT2D eigenvalue weighted by Crippen LogP contribution is -2.50. The molecule has 1 rings (SSSR count). The standard InChI is InChI=1S/C12H23NO2/c1-3-8-12(2,11(14)15)13-9-10-6-4-5-7-10/h10,13H,3-9H2,1-2H3,(H,14,15). The van der Waals surface area contributed by atoms with Crippen molar-refractivity contribution in [3.8, 4) is 0 Å². The molecule has 1 saturated carbocycles. The van der Waals surface area contributed by atoms with Crippen LogP contribution in [0.4, 0.5) is 0 Å². The lowest BCUT2D eigenvalue weighted by atomic mass is 9.95. The van der Waals surface area contributed by atoms with Crippen molar-refractivity contribution in [2.24, 2.45) is 5.92 Å². The van der Waals surface area contributed by atoms with Crippen molar-refractivity contribution in [2.45, 2.75) is 57.9 Å². The van der Waals surface area contributed by atoms with Crippen molar-refractivity contribution in [1.82, 2.24) is 5.32 Å². The first-order valence-corrected chi connectivity index (χ1v) is 6.07. The molecule has 1 aliphatic carbocycles. The molecule has 0 saturated heterocycles. The Hall–Kier alpha value is -0.570.